The fourth-order valence-electron chi connectivity index (χ4n) is 3.05. The largest absolute Gasteiger partial charge is 0.356 e. The Balaban J connectivity index is 1.46. The SMILES string of the molecule is CCc1nnc(N2CC(C(=O)NCCCn3nc(C)cc3C)CC2=O)s1. The number of aryl methyl sites for hydroxylation is 4. The first-order chi connectivity index (χ1) is 12.5. The average molecular weight is 376 g/mol. The number of nitrogens with zero attached hydrogens (tertiary/aromatic N) is 5. The minimum Gasteiger partial charge on any atom is -0.356 e. The van der Waals surface area contributed by atoms with Crippen LogP contribution in [0.25, 0.3) is 0 Å². The number of aromatic nitrogens is 4. The Labute approximate surface area is 156 Å². The zero-order valence-electron chi connectivity index (χ0n) is 15.4. The first kappa shape index (κ1) is 18.5. The second-order valence-electron chi connectivity index (χ2n) is 6.53. The maximum absolute atomic E-state index is 12.4. The first-order valence-electron chi connectivity index (χ1n) is 8.89. The highest BCUT2D eigenvalue weighted by molar-refractivity contribution is 7.15. The van der Waals surface area contributed by atoms with Gasteiger partial charge in [0.15, 0.2) is 0 Å². The van der Waals surface area contributed by atoms with E-state index in [9.17, 15) is 9.59 Å². The summed E-state index contributed by atoms with van der Waals surface area (Å²) in [6, 6.07) is 2.04. The molecule has 0 bridgehead atoms. The average Bonchev–Trinajstić information content (AvgIpc) is 3.30. The number of amides is 2. The predicted molar refractivity (Wildman–Crippen MR) is 99.1 cm³/mol. The third-order valence-corrected chi connectivity index (χ3v) is 5.53. The van der Waals surface area contributed by atoms with Crippen molar-refractivity contribution in [2.45, 2.75) is 46.6 Å². The maximum Gasteiger partial charge on any atom is 0.229 e. The molecule has 2 aromatic rings. The van der Waals surface area contributed by atoms with Gasteiger partial charge in [0.2, 0.25) is 16.9 Å². The molecule has 0 saturated carbocycles. The highest BCUT2D eigenvalue weighted by Crippen LogP contribution is 2.28. The van der Waals surface area contributed by atoms with E-state index in [1.54, 1.807) is 4.90 Å². The van der Waals surface area contributed by atoms with Crippen LogP contribution in [-0.2, 0) is 22.6 Å². The number of anilines is 1. The van der Waals surface area contributed by atoms with Crippen LogP contribution >= 0.6 is 11.3 Å². The van der Waals surface area contributed by atoms with Gasteiger partial charge in [0, 0.05) is 31.7 Å². The van der Waals surface area contributed by atoms with Crippen molar-refractivity contribution in [3.05, 3.63) is 22.5 Å². The fourth-order valence-corrected chi connectivity index (χ4v) is 3.86. The van der Waals surface area contributed by atoms with Crippen LogP contribution in [0.1, 0.15) is 36.2 Å². The second-order valence-corrected chi connectivity index (χ2v) is 7.57. The van der Waals surface area contributed by atoms with Crippen LogP contribution in [0.5, 0.6) is 0 Å². The molecule has 140 valence electrons. The van der Waals surface area contributed by atoms with Crippen molar-refractivity contribution in [2.24, 2.45) is 5.92 Å². The van der Waals surface area contributed by atoms with Crippen LogP contribution in [0.2, 0.25) is 0 Å². The molecule has 1 N–H and O–H groups in total. The lowest BCUT2D eigenvalue weighted by atomic mass is 10.1. The van der Waals surface area contributed by atoms with E-state index in [0.717, 1.165) is 35.8 Å². The van der Waals surface area contributed by atoms with Gasteiger partial charge in [0.25, 0.3) is 0 Å². The van der Waals surface area contributed by atoms with Gasteiger partial charge < -0.3 is 5.32 Å². The Morgan fingerprint density at radius 1 is 1.38 bits per heavy atom. The van der Waals surface area contributed by atoms with E-state index in [1.165, 1.54) is 11.3 Å². The maximum atomic E-state index is 12.4. The molecule has 1 unspecified atom stereocenters. The van der Waals surface area contributed by atoms with Crippen molar-refractivity contribution >= 4 is 28.3 Å². The molecule has 2 amide bonds. The normalized spacial score (nSPS) is 17.1. The summed E-state index contributed by atoms with van der Waals surface area (Å²) in [5.41, 5.74) is 2.12. The van der Waals surface area contributed by atoms with Gasteiger partial charge in [-0.1, -0.05) is 18.3 Å². The van der Waals surface area contributed by atoms with Gasteiger partial charge in [0.05, 0.1) is 11.6 Å². The molecule has 3 rings (SSSR count). The van der Waals surface area contributed by atoms with Crippen LogP contribution in [-0.4, -0.2) is 44.9 Å². The van der Waals surface area contributed by atoms with E-state index in [2.05, 4.69) is 20.6 Å². The smallest absolute Gasteiger partial charge is 0.229 e. The molecule has 26 heavy (non-hydrogen) atoms. The summed E-state index contributed by atoms with van der Waals surface area (Å²) in [4.78, 5) is 26.2. The predicted octanol–water partition coefficient (Wildman–Crippen LogP) is 1.47. The standard InChI is InChI=1S/C17H24N6O2S/c1-4-14-19-20-17(26-14)22-10-13(9-15(22)24)16(25)18-6-5-7-23-12(3)8-11(2)21-23/h8,13H,4-7,9-10H2,1-3H3,(H,18,25). The molecule has 1 fully saturated rings. The summed E-state index contributed by atoms with van der Waals surface area (Å²) >= 11 is 1.41. The molecule has 0 radical (unpaired) electrons. The van der Waals surface area contributed by atoms with Crippen molar-refractivity contribution in [1.29, 1.82) is 0 Å². The quantitative estimate of drug-likeness (QED) is 0.739. The molecule has 2 aromatic heterocycles. The summed E-state index contributed by atoms with van der Waals surface area (Å²) in [6.45, 7) is 7.70. The number of rotatable bonds is 7. The number of nitrogens with one attached hydrogen (secondary N) is 1. The van der Waals surface area contributed by atoms with Crippen molar-refractivity contribution in [2.75, 3.05) is 18.0 Å². The number of hydrogen-bond acceptors (Lipinski definition) is 6. The molecular weight excluding hydrogens is 352 g/mol. The van der Waals surface area contributed by atoms with Crippen molar-refractivity contribution in [3.63, 3.8) is 0 Å². The lowest BCUT2D eigenvalue weighted by Crippen LogP contribution is -2.33. The van der Waals surface area contributed by atoms with Crippen molar-refractivity contribution in [1.82, 2.24) is 25.3 Å². The molecule has 0 spiro atoms. The molecule has 1 aliphatic heterocycles. The molecule has 1 aliphatic rings. The van der Waals surface area contributed by atoms with Crippen LogP contribution in [0.3, 0.4) is 0 Å². The molecule has 0 aliphatic carbocycles. The lowest BCUT2D eigenvalue weighted by molar-refractivity contribution is -0.126. The second kappa shape index (κ2) is 7.94. The summed E-state index contributed by atoms with van der Waals surface area (Å²) in [5.74, 6) is -0.466. The van der Waals surface area contributed by atoms with Gasteiger partial charge >= 0.3 is 0 Å². The Kier molecular flexibility index (Phi) is 5.65. The van der Waals surface area contributed by atoms with E-state index in [0.29, 0.717) is 18.2 Å². The molecule has 9 heteroatoms. The number of hydrogen-bond donors (Lipinski definition) is 1. The van der Waals surface area contributed by atoms with Crippen LogP contribution in [0, 0.1) is 19.8 Å². The fraction of sp³-hybridized carbons (Fsp3) is 0.588. The number of carbonyl (C=O) groups excluding carboxylic acids is 2. The van der Waals surface area contributed by atoms with Gasteiger partial charge in [-0.2, -0.15) is 5.10 Å². The molecule has 0 aromatic carbocycles. The van der Waals surface area contributed by atoms with Crippen molar-refractivity contribution in [3.8, 4) is 0 Å². The molecular formula is C17H24N6O2S. The third-order valence-electron chi connectivity index (χ3n) is 4.43. The van der Waals surface area contributed by atoms with E-state index in [-0.39, 0.29) is 24.2 Å². The Bertz CT molecular complexity index is 799. The van der Waals surface area contributed by atoms with Crippen molar-refractivity contribution < 1.29 is 9.59 Å². The van der Waals surface area contributed by atoms with E-state index >= 15 is 0 Å². The van der Waals surface area contributed by atoms with Gasteiger partial charge in [-0.05, 0) is 32.8 Å². The lowest BCUT2D eigenvalue weighted by Gasteiger charge is -2.13. The third kappa shape index (κ3) is 4.09. The van der Waals surface area contributed by atoms with E-state index in [4.69, 9.17) is 0 Å². The van der Waals surface area contributed by atoms with Gasteiger partial charge in [-0.3, -0.25) is 19.2 Å². The van der Waals surface area contributed by atoms with Gasteiger partial charge in [-0.25, -0.2) is 0 Å². The zero-order chi connectivity index (χ0) is 18.7. The Morgan fingerprint density at radius 2 is 2.19 bits per heavy atom. The van der Waals surface area contributed by atoms with Crippen LogP contribution < -0.4 is 10.2 Å². The Hall–Kier alpha value is -2.29. The molecule has 8 nitrogen and oxygen atoms in total. The summed E-state index contributed by atoms with van der Waals surface area (Å²) in [6.07, 6.45) is 1.82. The van der Waals surface area contributed by atoms with Gasteiger partial charge in [-0.15, -0.1) is 10.2 Å². The zero-order valence-corrected chi connectivity index (χ0v) is 16.2. The minimum absolute atomic E-state index is 0.0633. The van der Waals surface area contributed by atoms with Crippen LogP contribution in [0.4, 0.5) is 5.13 Å². The highest BCUT2D eigenvalue weighted by atomic mass is 32.1. The van der Waals surface area contributed by atoms with E-state index in [1.807, 2.05) is 31.5 Å². The molecule has 1 saturated heterocycles. The summed E-state index contributed by atoms with van der Waals surface area (Å²) in [7, 11) is 0. The summed E-state index contributed by atoms with van der Waals surface area (Å²) in [5, 5.41) is 16.9. The monoisotopic (exact) mass is 376 g/mol. The highest BCUT2D eigenvalue weighted by Gasteiger charge is 2.36. The number of carbonyl (C=O) groups is 2. The first-order valence-corrected chi connectivity index (χ1v) is 9.71. The topological polar surface area (TPSA) is 93.0 Å². The van der Waals surface area contributed by atoms with E-state index < -0.39 is 0 Å². The molecule has 3 heterocycles. The molecule has 1 atom stereocenters. The minimum atomic E-state index is -0.329. The van der Waals surface area contributed by atoms with Crippen LogP contribution in [0.15, 0.2) is 6.07 Å². The summed E-state index contributed by atoms with van der Waals surface area (Å²) < 4.78 is 1.95. The van der Waals surface area contributed by atoms with Gasteiger partial charge in [0.1, 0.15) is 5.01 Å². The Morgan fingerprint density at radius 3 is 2.85 bits per heavy atom.